The maximum atomic E-state index is 13.7. The summed E-state index contributed by atoms with van der Waals surface area (Å²) in [6, 6.07) is 16.8. The summed E-state index contributed by atoms with van der Waals surface area (Å²) in [6.07, 6.45) is 5.14. The molecule has 0 atom stereocenters. The van der Waals surface area contributed by atoms with E-state index in [4.69, 9.17) is 9.15 Å². The lowest BCUT2D eigenvalue weighted by Crippen LogP contribution is -2.45. The highest BCUT2D eigenvalue weighted by Crippen LogP contribution is 2.40. The Labute approximate surface area is 195 Å². The van der Waals surface area contributed by atoms with Crippen LogP contribution in [-0.2, 0) is 0 Å². The Bertz CT molecular complexity index is 1420. The molecule has 34 heavy (non-hydrogen) atoms. The molecular weight excluding hydrogens is 434 g/mol. The molecule has 0 radical (unpaired) electrons. The van der Waals surface area contributed by atoms with Crippen LogP contribution >= 0.6 is 0 Å². The SMILES string of the molecule is O=C(O)c1coc2ccc(Oc3cccnc3C(=O)N3CCN(C4CC4)c4ccccc43)cc12. The van der Waals surface area contributed by atoms with Gasteiger partial charge in [0.15, 0.2) is 11.4 Å². The van der Waals surface area contributed by atoms with Crippen molar-refractivity contribution in [2.24, 2.45) is 0 Å². The number of nitrogens with zero attached hydrogens (tertiary/aromatic N) is 3. The van der Waals surface area contributed by atoms with Crippen LogP contribution in [0.3, 0.4) is 0 Å². The lowest BCUT2D eigenvalue weighted by atomic mass is 10.1. The van der Waals surface area contributed by atoms with Crippen LogP contribution in [0.4, 0.5) is 11.4 Å². The summed E-state index contributed by atoms with van der Waals surface area (Å²) in [5.41, 5.74) is 2.62. The number of fused-ring (bicyclic) bond motifs is 2. The van der Waals surface area contributed by atoms with Crippen LogP contribution in [-0.4, -0.2) is 41.1 Å². The van der Waals surface area contributed by atoms with Gasteiger partial charge in [0.25, 0.3) is 5.91 Å². The van der Waals surface area contributed by atoms with Crippen LogP contribution in [0.25, 0.3) is 11.0 Å². The van der Waals surface area contributed by atoms with E-state index >= 15 is 0 Å². The highest BCUT2D eigenvalue weighted by molar-refractivity contribution is 6.09. The van der Waals surface area contributed by atoms with Crippen molar-refractivity contribution in [3.8, 4) is 11.5 Å². The summed E-state index contributed by atoms with van der Waals surface area (Å²) in [6.45, 7) is 1.33. The minimum atomic E-state index is -1.09. The second-order valence-electron chi connectivity index (χ2n) is 8.43. The number of benzene rings is 2. The fourth-order valence-corrected chi connectivity index (χ4v) is 4.49. The maximum Gasteiger partial charge on any atom is 0.339 e. The molecule has 170 valence electrons. The quantitative estimate of drug-likeness (QED) is 0.455. The van der Waals surface area contributed by atoms with Crippen molar-refractivity contribution in [1.82, 2.24) is 4.98 Å². The average molecular weight is 455 g/mol. The van der Waals surface area contributed by atoms with Crippen molar-refractivity contribution in [3.05, 3.63) is 78.3 Å². The van der Waals surface area contributed by atoms with Gasteiger partial charge in [-0.3, -0.25) is 4.79 Å². The number of carbonyl (C=O) groups excluding carboxylic acids is 1. The van der Waals surface area contributed by atoms with Crippen molar-refractivity contribution in [2.45, 2.75) is 18.9 Å². The molecule has 4 aromatic rings. The van der Waals surface area contributed by atoms with E-state index in [1.54, 1.807) is 41.4 Å². The Kier molecular flexibility index (Phi) is 4.72. The number of carboxylic acid groups (broad SMARTS) is 1. The molecule has 0 spiro atoms. The summed E-state index contributed by atoms with van der Waals surface area (Å²) in [5.74, 6) is -0.641. The summed E-state index contributed by atoms with van der Waals surface area (Å²) in [7, 11) is 0. The zero-order valence-corrected chi connectivity index (χ0v) is 18.2. The van der Waals surface area contributed by atoms with E-state index in [1.807, 2.05) is 18.2 Å². The molecule has 1 N–H and O–H groups in total. The van der Waals surface area contributed by atoms with Gasteiger partial charge in [-0.25, -0.2) is 9.78 Å². The number of furan rings is 1. The van der Waals surface area contributed by atoms with E-state index in [2.05, 4.69) is 16.0 Å². The Morgan fingerprint density at radius 2 is 1.85 bits per heavy atom. The molecule has 1 fully saturated rings. The molecule has 2 aromatic carbocycles. The van der Waals surface area contributed by atoms with Gasteiger partial charge in [0.1, 0.15) is 23.2 Å². The highest BCUT2D eigenvalue weighted by atomic mass is 16.5. The van der Waals surface area contributed by atoms with E-state index in [9.17, 15) is 14.7 Å². The molecule has 0 bridgehead atoms. The Morgan fingerprint density at radius 1 is 1.03 bits per heavy atom. The van der Waals surface area contributed by atoms with Gasteiger partial charge in [-0.05, 0) is 55.3 Å². The molecule has 3 heterocycles. The summed E-state index contributed by atoms with van der Waals surface area (Å²) >= 11 is 0. The first-order chi connectivity index (χ1) is 16.6. The molecule has 0 unspecified atom stereocenters. The van der Waals surface area contributed by atoms with Crippen molar-refractivity contribution in [2.75, 3.05) is 22.9 Å². The Morgan fingerprint density at radius 3 is 2.65 bits per heavy atom. The monoisotopic (exact) mass is 455 g/mol. The third-order valence-electron chi connectivity index (χ3n) is 6.26. The van der Waals surface area contributed by atoms with Crippen LogP contribution in [0.1, 0.15) is 33.7 Å². The summed E-state index contributed by atoms with van der Waals surface area (Å²) < 4.78 is 11.3. The lowest BCUT2D eigenvalue weighted by Gasteiger charge is -2.38. The van der Waals surface area contributed by atoms with Crippen molar-refractivity contribution >= 4 is 34.2 Å². The van der Waals surface area contributed by atoms with Gasteiger partial charge >= 0.3 is 5.97 Å². The molecule has 8 nitrogen and oxygen atoms in total. The van der Waals surface area contributed by atoms with E-state index < -0.39 is 5.97 Å². The molecule has 6 rings (SSSR count). The van der Waals surface area contributed by atoms with Crippen LogP contribution in [0.2, 0.25) is 0 Å². The number of hydrogen-bond donors (Lipinski definition) is 1. The van der Waals surface area contributed by atoms with Gasteiger partial charge in [-0.1, -0.05) is 12.1 Å². The van der Waals surface area contributed by atoms with Crippen molar-refractivity contribution in [3.63, 3.8) is 0 Å². The predicted octanol–water partition coefficient (Wildman–Crippen LogP) is 4.95. The summed E-state index contributed by atoms with van der Waals surface area (Å²) in [5, 5.41) is 9.81. The second kappa shape index (κ2) is 7.91. The molecule has 1 saturated carbocycles. The number of pyridine rings is 1. The molecule has 1 amide bonds. The maximum absolute atomic E-state index is 13.7. The lowest BCUT2D eigenvalue weighted by molar-refractivity contribution is 0.0697. The molecule has 8 heteroatoms. The minimum Gasteiger partial charge on any atom is -0.478 e. The number of ether oxygens (including phenoxy) is 1. The van der Waals surface area contributed by atoms with Gasteiger partial charge in [0.2, 0.25) is 0 Å². The zero-order chi connectivity index (χ0) is 23.2. The Balaban J connectivity index is 1.33. The fraction of sp³-hybridized carbons (Fsp3) is 0.192. The normalized spacial score (nSPS) is 15.3. The average Bonchev–Trinajstić information content (AvgIpc) is 3.61. The molecule has 1 aliphatic carbocycles. The van der Waals surface area contributed by atoms with E-state index in [-0.39, 0.29) is 17.2 Å². The van der Waals surface area contributed by atoms with E-state index in [0.29, 0.717) is 35.1 Å². The van der Waals surface area contributed by atoms with Crippen LogP contribution in [0.5, 0.6) is 11.5 Å². The predicted molar refractivity (Wildman–Crippen MR) is 126 cm³/mol. The second-order valence-corrected chi connectivity index (χ2v) is 8.43. The number of amides is 1. The number of rotatable bonds is 5. The first-order valence-corrected chi connectivity index (χ1v) is 11.1. The Hall–Kier alpha value is -4.33. The van der Waals surface area contributed by atoms with Crippen LogP contribution in [0, 0.1) is 0 Å². The number of hydrogen-bond acceptors (Lipinski definition) is 6. The largest absolute Gasteiger partial charge is 0.478 e. The van der Waals surface area contributed by atoms with Gasteiger partial charge in [-0.15, -0.1) is 0 Å². The number of carbonyl (C=O) groups is 2. The zero-order valence-electron chi connectivity index (χ0n) is 18.2. The molecule has 1 aliphatic heterocycles. The number of para-hydroxylation sites is 2. The van der Waals surface area contributed by atoms with Gasteiger partial charge in [0.05, 0.1) is 11.4 Å². The first kappa shape index (κ1) is 20.3. The van der Waals surface area contributed by atoms with Crippen molar-refractivity contribution in [1.29, 1.82) is 0 Å². The van der Waals surface area contributed by atoms with Gasteiger partial charge in [0, 0.05) is 30.7 Å². The van der Waals surface area contributed by atoms with Crippen molar-refractivity contribution < 1.29 is 23.8 Å². The van der Waals surface area contributed by atoms with Crippen LogP contribution in [0.15, 0.2) is 71.5 Å². The number of aromatic nitrogens is 1. The summed E-state index contributed by atoms with van der Waals surface area (Å²) in [4.78, 5) is 33.6. The third kappa shape index (κ3) is 3.44. The van der Waals surface area contributed by atoms with E-state index in [0.717, 1.165) is 17.9 Å². The van der Waals surface area contributed by atoms with E-state index in [1.165, 1.54) is 19.1 Å². The standard InChI is InChI=1S/C26H21N3O5/c30-25(29-13-12-28(16-7-8-16)20-4-1-2-5-21(20)29)24-23(6-3-11-27-24)34-17-9-10-22-18(14-17)19(15-33-22)26(31)32/h1-6,9-11,14-16H,7-8,12-13H2,(H,31,32). The smallest absolute Gasteiger partial charge is 0.339 e. The topological polar surface area (TPSA) is 96.1 Å². The van der Waals surface area contributed by atoms with Crippen LogP contribution < -0.4 is 14.5 Å². The molecule has 0 saturated heterocycles. The number of anilines is 2. The van der Waals surface area contributed by atoms with Gasteiger partial charge in [-0.2, -0.15) is 0 Å². The third-order valence-corrected chi connectivity index (χ3v) is 6.26. The van der Waals surface area contributed by atoms with Gasteiger partial charge < -0.3 is 24.1 Å². The minimum absolute atomic E-state index is 0.0491. The molecule has 2 aliphatic rings. The first-order valence-electron chi connectivity index (χ1n) is 11.1. The highest BCUT2D eigenvalue weighted by Gasteiger charge is 2.36. The molecular formula is C26H21N3O5. The number of aromatic carboxylic acids is 1. The number of carboxylic acids is 1. The molecule has 2 aromatic heterocycles. The fourth-order valence-electron chi connectivity index (χ4n) is 4.49.